The number of ether oxygens (including phenoxy) is 2. The molecule has 136 valence electrons. The molecule has 1 aliphatic rings. The third-order valence-electron chi connectivity index (χ3n) is 4.48. The molecule has 1 N–H and O–H groups in total. The third kappa shape index (κ3) is 3.96. The van der Waals surface area contributed by atoms with Crippen LogP contribution in [-0.4, -0.2) is 37.5 Å². The number of carbonyl (C=O) groups is 2. The summed E-state index contributed by atoms with van der Waals surface area (Å²) < 4.78 is 10.4. The number of hydrogen-bond donors (Lipinski definition) is 1. The lowest BCUT2D eigenvalue weighted by atomic mass is 10.1. The van der Waals surface area contributed by atoms with Crippen molar-refractivity contribution < 1.29 is 19.1 Å². The summed E-state index contributed by atoms with van der Waals surface area (Å²) in [5.74, 6) is 0.822. The molecule has 1 atom stereocenters. The molecule has 0 bridgehead atoms. The summed E-state index contributed by atoms with van der Waals surface area (Å²) >= 11 is 0. The zero-order chi connectivity index (χ0) is 18.5. The van der Waals surface area contributed by atoms with Crippen molar-refractivity contribution in [3.63, 3.8) is 0 Å². The second-order valence-corrected chi connectivity index (χ2v) is 6.21. The first kappa shape index (κ1) is 17.8. The van der Waals surface area contributed by atoms with E-state index in [0.29, 0.717) is 24.5 Å². The van der Waals surface area contributed by atoms with Gasteiger partial charge >= 0.3 is 0 Å². The molecule has 2 aromatic rings. The predicted octanol–water partition coefficient (Wildman–Crippen LogP) is 2.69. The highest BCUT2D eigenvalue weighted by Gasteiger charge is 2.34. The lowest BCUT2D eigenvalue weighted by Gasteiger charge is -2.17. The Labute approximate surface area is 152 Å². The van der Waals surface area contributed by atoms with Crippen LogP contribution in [0.25, 0.3) is 0 Å². The summed E-state index contributed by atoms with van der Waals surface area (Å²) in [6.45, 7) is 0.896. The Morgan fingerprint density at radius 2 is 1.85 bits per heavy atom. The highest BCUT2D eigenvalue weighted by molar-refractivity contribution is 5.98. The van der Waals surface area contributed by atoms with Gasteiger partial charge in [-0.15, -0.1) is 0 Å². The molecule has 1 aliphatic heterocycles. The highest BCUT2D eigenvalue weighted by atomic mass is 16.5. The average Bonchev–Trinajstić information content (AvgIpc) is 3.03. The maximum atomic E-state index is 12.5. The topological polar surface area (TPSA) is 67.9 Å². The van der Waals surface area contributed by atoms with Gasteiger partial charge in [-0.25, -0.2) is 0 Å². The largest absolute Gasteiger partial charge is 0.497 e. The predicted molar refractivity (Wildman–Crippen MR) is 98.1 cm³/mol. The first-order valence-corrected chi connectivity index (χ1v) is 8.45. The molecule has 0 aliphatic carbocycles. The van der Waals surface area contributed by atoms with E-state index in [2.05, 4.69) is 5.32 Å². The van der Waals surface area contributed by atoms with Gasteiger partial charge in [0.25, 0.3) is 0 Å². The van der Waals surface area contributed by atoms with Crippen molar-refractivity contribution in [2.45, 2.75) is 13.0 Å². The van der Waals surface area contributed by atoms with Crippen LogP contribution >= 0.6 is 0 Å². The van der Waals surface area contributed by atoms with Crippen LogP contribution in [0.1, 0.15) is 12.0 Å². The van der Waals surface area contributed by atoms with E-state index >= 15 is 0 Å². The number of benzene rings is 2. The molecule has 0 radical (unpaired) electrons. The van der Waals surface area contributed by atoms with Crippen LogP contribution in [0.3, 0.4) is 0 Å². The standard InChI is InChI=1S/C20H22N2O4/c1-25-16-9-7-14(8-10-16)12-22-13-15(11-19(22)23)20(24)21-17-5-3-4-6-18(17)26-2/h3-10,15H,11-13H2,1-2H3,(H,21,24). The van der Waals surface area contributed by atoms with Crippen molar-refractivity contribution in [2.75, 3.05) is 26.1 Å². The lowest BCUT2D eigenvalue weighted by Crippen LogP contribution is -2.28. The fraction of sp³-hybridized carbons (Fsp3) is 0.300. The van der Waals surface area contributed by atoms with E-state index < -0.39 is 0 Å². The number of amides is 2. The van der Waals surface area contributed by atoms with Gasteiger partial charge in [-0.05, 0) is 29.8 Å². The number of hydrogen-bond acceptors (Lipinski definition) is 4. The molecule has 6 nitrogen and oxygen atoms in total. The number of nitrogens with one attached hydrogen (secondary N) is 1. The Bertz CT molecular complexity index is 789. The normalized spacial score (nSPS) is 16.5. The number of rotatable bonds is 6. The van der Waals surface area contributed by atoms with Crippen molar-refractivity contribution in [1.82, 2.24) is 4.90 Å². The van der Waals surface area contributed by atoms with Crippen LogP contribution < -0.4 is 14.8 Å². The number of likely N-dealkylation sites (tertiary alicyclic amines) is 1. The number of anilines is 1. The number of carbonyl (C=O) groups excluding carboxylic acids is 2. The molecule has 1 saturated heterocycles. The SMILES string of the molecule is COc1ccc(CN2CC(C(=O)Nc3ccccc3OC)CC2=O)cc1. The molecule has 6 heteroatoms. The molecular weight excluding hydrogens is 332 g/mol. The van der Waals surface area contributed by atoms with Gasteiger partial charge in [0.2, 0.25) is 11.8 Å². The first-order chi connectivity index (χ1) is 12.6. The van der Waals surface area contributed by atoms with E-state index in [9.17, 15) is 9.59 Å². The minimum absolute atomic E-state index is 0.0130. The van der Waals surface area contributed by atoms with Crippen molar-refractivity contribution in [1.29, 1.82) is 0 Å². The Morgan fingerprint density at radius 3 is 2.54 bits per heavy atom. The number of methoxy groups -OCH3 is 2. The van der Waals surface area contributed by atoms with E-state index in [1.165, 1.54) is 0 Å². The van der Waals surface area contributed by atoms with E-state index in [0.717, 1.165) is 11.3 Å². The van der Waals surface area contributed by atoms with Gasteiger partial charge in [0.15, 0.2) is 0 Å². The van der Waals surface area contributed by atoms with Gasteiger partial charge in [0.1, 0.15) is 11.5 Å². The van der Waals surface area contributed by atoms with E-state index in [1.54, 1.807) is 31.3 Å². The summed E-state index contributed by atoms with van der Waals surface area (Å²) in [6.07, 6.45) is 0.219. The van der Waals surface area contributed by atoms with Crippen LogP contribution in [0.5, 0.6) is 11.5 Å². The molecule has 3 rings (SSSR count). The Morgan fingerprint density at radius 1 is 1.12 bits per heavy atom. The second-order valence-electron chi connectivity index (χ2n) is 6.21. The van der Waals surface area contributed by atoms with Gasteiger partial charge in [0.05, 0.1) is 25.8 Å². The minimum atomic E-state index is -0.370. The first-order valence-electron chi connectivity index (χ1n) is 8.45. The van der Waals surface area contributed by atoms with E-state index in [-0.39, 0.29) is 24.2 Å². The maximum absolute atomic E-state index is 12.5. The summed E-state index contributed by atoms with van der Waals surface area (Å²) in [5.41, 5.74) is 1.62. The maximum Gasteiger partial charge on any atom is 0.229 e. The van der Waals surface area contributed by atoms with E-state index in [1.807, 2.05) is 36.4 Å². The van der Waals surface area contributed by atoms with Crippen molar-refractivity contribution in [3.05, 3.63) is 54.1 Å². The van der Waals surface area contributed by atoms with Gasteiger partial charge in [0, 0.05) is 19.5 Å². The molecule has 0 spiro atoms. The lowest BCUT2D eigenvalue weighted by molar-refractivity contribution is -0.128. The molecule has 0 saturated carbocycles. The second kappa shape index (κ2) is 7.91. The van der Waals surface area contributed by atoms with Crippen LogP contribution in [0.4, 0.5) is 5.69 Å². The van der Waals surface area contributed by atoms with Gasteiger partial charge in [-0.2, -0.15) is 0 Å². The van der Waals surface area contributed by atoms with Crippen LogP contribution in [0.15, 0.2) is 48.5 Å². The van der Waals surface area contributed by atoms with Crippen LogP contribution in [0, 0.1) is 5.92 Å². The monoisotopic (exact) mass is 354 g/mol. The molecule has 1 unspecified atom stereocenters. The number of nitrogens with zero attached hydrogens (tertiary/aromatic N) is 1. The molecule has 26 heavy (non-hydrogen) atoms. The fourth-order valence-corrected chi connectivity index (χ4v) is 3.03. The van der Waals surface area contributed by atoms with E-state index in [4.69, 9.17) is 9.47 Å². The average molecular weight is 354 g/mol. The van der Waals surface area contributed by atoms with Crippen molar-refractivity contribution in [2.24, 2.45) is 5.92 Å². The highest BCUT2D eigenvalue weighted by Crippen LogP contribution is 2.26. The summed E-state index contributed by atoms with van der Waals surface area (Å²) in [4.78, 5) is 26.6. The summed E-state index contributed by atoms with van der Waals surface area (Å²) in [7, 11) is 3.17. The van der Waals surface area contributed by atoms with Gasteiger partial charge < -0.3 is 19.7 Å². The smallest absolute Gasteiger partial charge is 0.229 e. The fourth-order valence-electron chi connectivity index (χ4n) is 3.03. The minimum Gasteiger partial charge on any atom is -0.497 e. The molecule has 2 aromatic carbocycles. The van der Waals surface area contributed by atoms with Gasteiger partial charge in [-0.3, -0.25) is 9.59 Å². The van der Waals surface area contributed by atoms with Crippen LogP contribution in [-0.2, 0) is 16.1 Å². The van der Waals surface area contributed by atoms with Crippen molar-refractivity contribution >= 4 is 17.5 Å². The molecule has 0 aromatic heterocycles. The van der Waals surface area contributed by atoms with Crippen molar-refractivity contribution in [3.8, 4) is 11.5 Å². The molecular formula is C20H22N2O4. The number of para-hydroxylation sites is 2. The zero-order valence-electron chi connectivity index (χ0n) is 14.9. The molecule has 1 heterocycles. The Balaban J connectivity index is 1.62. The molecule has 1 fully saturated rings. The third-order valence-corrected chi connectivity index (χ3v) is 4.48. The zero-order valence-corrected chi connectivity index (χ0v) is 14.9. The summed E-state index contributed by atoms with van der Waals surface area (Å²) in [5, 5.41) is 2.86. The quantitative estimate of drug-likeness (QED) is 0.866. The molecule has 2 amide bonds. The Hall–Kier alpha value is -3.02. The van der Waals surface area contributed by atoms with Gasteiger partial charge in [-0.1, -0.05) is 24.3 Å². The summed E-state index contributed by atoms with van der Waals surface area (Å²) in [6, 6.07) is 14.8. The Kier molecular flexibility index (Phi) is 5.41. The van der Waals surface area contributed by atoms with Crippen LogP contribution in [0.2, 0.25) is 0 Å².